The predicted molar refractivity (Wildman–Crippen MR) is 65.6 cm³/mol. The summed E-state index contributed by atoms with van der Waals surface area (Å²) < 4.78 is 11.8. The number of unbranched alkanes of at least 4 members (excludes halogenated alkanes) is 1. The van der Waals surface area contributed by atoms with Crippen molar-refractivity contribution < 1.29 is 9.00 Å². The summed E-state index contributed by atoms with van der Waals surface area (Å²) >= 11 is 0. The molecule has 0 fully saturated rings. The predicted octanol–water partition coefficient (Wildman–Crippen LogP) is 1.49. The fourth-order valence-corrected chi connectivity index (χ4v) is 2.40. The number of carbonyl (C=O) groups is 1. The van der Waals surface area contributed by atoms with Gasteiger partial charge in [-0.1, -0.05) is 18.2 Å². The van der Waals surface area contributed by atoms with Crippen molar-refractivity contribution in [2.24, 2.45) is 5.73 Å². The third-order valence-corrected chi connectivity index (χ3v) is 3.59. The van der Waals surface area contributed by atoms with Crippen molar-refractivity contribution in [3.8, 4) is 0 Å². The highest BCUT2D eigenvalue weighted by molar-refractivity contribution is 7.85. The molecule has 2 N–H and O–H groups in total. The summed E-state index contributed by atoms with van der Waals surface area (Å²) in [6, 6.07) is 9.08. The molecule has 0 bridgehead atoms. The lowest BCUT2D eigenvalue weighted by Gasteiger charge is -2.01. The van der Waals surface area contributed by atoms with Gasteiger partial charge in [-0.25, -0.2) is 0 Å². The van der Waals surface area contributed by atoms with Gasteiger partial charge in [0.05, 0.1) is 16.6 Å². The fraction of sp³-hybridized carbons (Fsp3) is 0.417. The van der Waals surface area contributed by atoms with Crippen LogP contribution in [0.15, 0.2) is 35.2 Å². The van der Waals surface area contributed by atoms with E-state index in [1.807, 2.05) is 18.2 Å². The maximum Gasteiger partial charge on any atom is 0.145 e. The highest BCUT2D eigenvalue weighted by Crippen LogP contribution is 2.07. The zero-order valence-corrected chi connectivity index (χ0v) is 10.0. The Bertz CT molecular complexity index is 351. The van der Waals surface area contributed by atoms with Crippen molar-refractivity contribution >= 4 is 16.6 Å². The Hall–Kier alpha value is -1.00. The number of hydrogen-bond acceptors (Lipinski definition) is 3. The number of hydrogen-bond donors (Lipinski definition) is 1. The summed E-state index contributed by atoms with van der Waals surface area (Å²) in [5.41, 5.74) is 5.34. The summed E-state index contributed by atoms with van der Waals surface area (Å²) in [4.78, 5) is 12.2. The van der Waals surface area contributed by atoms with Crippen LogP contribution in [0.4, 0.5) is 0 Å². The fourth-order valence-electron chi connectivity index (χ4n) is 1.34. The normalized spacial score (nSPS) is 12.3. The van der Waals surface area contributed by atoms with E-state index in [1.165, 1.54) is 0 Å². The lowest BCUT2D eigenvalue weighted by Crippen LogP contribution is -2.11. The highest BCUT2D eigenvalue weighted by atomic mass is 32.2. The summed E-state index contributed by atoms with van der Waals surface area (Å²) in [5, 5.41) is 0. The third kappa shape index (κ3) is 4.68. The second-order valence-electron chi connectivity index (χ2n) is 3.59. The summed E-state index contributed by atoms with van der Waals surface area (Å²) in [6.45, 7) is 0.606. The van der Waals surface area contributed by atoms with Crippen LogP contribution in [0, 0.1) is 0 Å². The Morgan fingerprint density at radius 3 is 2.50 bits per heavy atom. The minimum Gasteiger partial charge on any atom is -0.330 e. The van der Waals surface area contributed by atoms with Crippen molar-refractivity contribution in [3.05, 3.63) is 30.3 Å². The van der Waals surface area contributed by atoms with Crippen LogP contribution in [0.2, 0.25) is 0 Å². The number of nitrogens with two attached hydrogens (primary N) is 1. The minimum absolute atomic E-state index is 0.0515. The number of rotatable bonds is 7. The molecule has 0 heterocycles. The molecular formula is C12H17NO2S. The van der Waals surface area contributed by atoms with E-state index in [2.05, 4.69) is 0 Å². The summed E-state index contributed by atoms with van der Waals surface area (Å²) in [6.07, 6.45) is 2.13. The standard InChI is InChI=1S/C12H17NO2S/c13-9-5-4-6-11(14)10-16(15)12-7-2-1-3-8-12/h1-3,7-8H,4-6,9-10,13H2. The molecule has 4 heteroatoms. The maximum atomic E-state index is 11.8. The second-order valence-corrected chi connectivity index (χ2v) is 5.04. The molecule has 88 valence electrons. The first-order valence-electron chi connectivity index (χ1n) is 5.39. The van der Waals surface area contributed by atoms with Gasteiger partial charge in [-0.15, -0.1) is 0 Å². The molecule has 0 radical (unpaired) electrons. The Kier molecular flexibility index (Phi) is 5.96. The van der Waals surface area contributed by atoms with Gasteiger partial charge in [0.25, 0.3) is 0 Å². The molecule has 0 saturated heterocycles. The van der Waals surface area contributed by atoms with Crippen LogP contribution >= 0.6 is 0 Å². The molecule has 1 aromatic rings. The zero-order valence-electron chi connectivity index (χ0n) is 9.22. The molecule has 3 nitrogen and oxygen atoms in total. The Morgan fingerprint density at radius 1 is 1.19 bits per heavy atom. The molecule has 1 aromatic carbocycles. The number of benzene rings is 1. The SMILES string of the molecule is NCCCCC(=O)CS(=O)c1ccccc1. The van der Waals surface area contributed by atoms with E-state index >= 15 is 0 Å². The Morgan fingerprint density at radius 2 is 1.88 bits per heavy atom. The molecule has 1 unspecified atom stereocenters. The quantitative estimate of drug-likeness (QED) is 0.733. The van der Waals surface area contributed by atoms with Gasteiger partial charge in [0.1, 0.15) is 5.78 Å². The van der Waals surface area contributed by atoms with E-state index in [9.17, 15) is 9.00 Å². The maximum absolute atomic E-state index is 11.8. The molecule has 0 aliphatic rings. The van der Waals surface area contributed by atoms with E-state index < -0.39 is 10.8 Å². The van der Waals surface area contributed by atoms with Gasteiger partial charge in [0.2, 0.25) is 0 Å². The van der Waals surface area contributed by atoms with Crippen molar-refractivity contribution in [3.63, 3.8) is 0 Å². The average Bonchev–Trinajstić information content (AvgIpc) is 2.30. The van der Waals surface area contributed by atoms with Gasteiger partial charge >= 0.3 is 0 Å². The van der Waals surface area contributed by atoms with Gasteiger partial charge in [-0.05, 0) is 31.5 Å². The molecule has 0 amide bonds. The molecule has 0 aromatic heterocycles. The van der Waals surface area contributed by atoms with E-state index in [-0.39, 0.29) is 11.5 Å². The van der Waals surface area contributed by atoms with Crippen LogP contribution in [0.25, 0.3) is 0 Å². The van der Waals surface area contributed by atoms with Crippen LogP contribution in [-0.4, -0.2) is 22.3 Å². The Balaban J connectivity index is 2.37. The lowest BCUT2D eigenvalue weighted by molar-refractivity contribution is -0.116. The average molecular weight is 239 g/mol. The first-order chi connectivity index (χ1) is 7.74. The first-order valence-corrected chi connectivity index (χ1v) is 6.71. The van der Waals surface area contributed by atoms with E-state index in [0.29, 0.717) is 13.0 Å². The van der Waals surface area contributed by atoms with Gasteiger partial charge in [0.15, 0.2) is 0 Å². The van der Waals surface area contributed by atoms with E-state index in [0.717, 1.165) is 17.7 Å². The molecule has 16 heavy (non-hydrogen) atoms. The molecular weight excluding hydrogens is 222 g/mol. The smallest absolute Gasteiger partial charge is 0.145 e. The van der Waals surface area contributed by atoms with Gasteiger partial charge in [-0.3, -0.25) is 9.00 Å². The second kappa shape index (κ2) is 7.30. The van der Waals surface area contributed by atoms with Crippen molar-refractivity contribution in [2.45, 2.75) is 24.2 Å². The molecule has 0 saturated carbocycles. The first kappa shape index (κ1) is 13.1. The molecule has 0 aliphatic carbocycles. The molecule has 1 rings (SSSR count). The van der Waals surface area contributed by atoms with Crippen LogP contribution in [0.1, 0.15) is 19.3 Å². The van der Waals surface area contributed by atoms with Crippen LogP contribution in [0.5, 0.6) is 0 Å². The largest absolute Gasteiger partial charge is 0.330 e. The van der Waals surface area contributed by atoms with E-state index in [4.69, 9.17) is 5.73 Å². The Labute approximate surface area is 98.5 Å². The summed E-state index contributed by atoms with van der Waals surface area (Å²) in [7, 11) is -1.20. The number of carbonyl (C=O) groups excluding carboxylic acids is 1. The molecule has 0 aliphatic heterocycles. The monoisotopic (exact) mass is 239 g/mol. The van der Waals surface area contributed by atoms with Crippen molar-refractivity contribution in [1.82, 2.24) is 0 Å². The van der Waals surface area contributed by atoms with Crippen LogP contribution in [-0.2, 0) is 15.6 Å². The molecule has 1 atom stereocenters. The van der Waals surface area contributed by atoms with Crippen LogP contribution in [0.3, 0.4) is 0 Å². The zero-order chi connectivity index (χ0) is 11.8. The van der Waals surface area contributed by atoms with Gasteiger partial charge in [-0.2, -0.15) is 0 Å². The summed E-state index contributed by atoms with van der Waals surface area (Å²) in [5.74, 6) is 0.171. The number of Topliss-reactive ketones (excluding diaryl/α,β-unsaturated/α-hetero) is 1. The van der Waals surface area contributed by atoms with E-state index in [1.54, 1.807) is 12.1 Å². The van der Waals surface area contributed by atoms with Crippen molar-refractivity contribution in [1.29, 1.82) is 0 Å². The van der Waals surface area contributed by atoms with Gasteiger partial charge < -0.3 is 5.73 Å². The van der Waals surface area contributed by atoms with Gasteiger partial charge in [0, 0.05) is 11.3 Å². The highest BCUT2D eigenvalue weighted by Gasteiger charge is 2.09. The lowest BCUT2D eigenvalue weighted by atomic mass is 10.2. The van der Waals surface area contributed by atoms with Crippen LogP contribution < -0.4 is 5.73 Å². The molecule has 0 spiro atoms. The van der Waals surface area contributed by atoms with Crippen molar-refractivity contribution in [2.75, 3.05) is 12.3 Å². The number of ketones is 1. The topological polar surface area (TPSA) is 60.2 Å². The minimum atomic E-state index is -1.20. The third-order valence-electron chi connectivity index (χ3n) is 2.21.